The van der Waals surface area contributed by atoms with E-state index >= 15 is 0 Å². The second kappa shape index (κ2) is 13.6. The minimum Gasteiger partial charge on any atom is -0.493 e. The summed E-state index contributed by atoms with van der Waals surface area (Å²) in [4.78, 5) is 34.4. The summed E-state index contributed by atoms with van der Waals surface area (Å²) in [5.41, 5.74) is 4.30. The third-order valence-corrected chi connectivity index (χ3v) is 8.04. The quantitative estimate of drug-likeness (QED) is 0.230. The van der Waals surface area contributed by atoms with Crippen LogP contribution in [0, 0.1) is 5.92 Å². The van der Waals surface area contributed by atoms with E-state index in [1.165, 1.54) is 5.56 Å². The van der Waals surface area contributed by atoms with Crippen LogP contribution in [0.1, 0.15) is 29.0 Å². The van der Waals surface area contributed by atoms with Crippen molar-refractivity contribution in [3.8, 4) is 11.5 Å². The summed E-state index contributed by atoms with van der Waals surface area (Å²) < 4.78 is 16.2. The fourth-order valence-electron chi connectivity index (χ4n) is 5.59. The molecular weight excluding hydrogens is 530 g/mol. The number of carbonyl (C=O) groups excluding carboxylic acids is 2. The standard InChI is InChI=1S/C34H39N3O5/c1-40-18-17-37(34(39)29-20-28(29)25-9-5-4-6-10-25)23-33(38)36(22-24-13-14-31(41-2)32(19-24)42-3)16-15-26-21-35-30-12-8-7-11-27(26)30/h4-14,19,21,28-29,35H,15-18,20,22-23H2,1-3H3/t28-,29?/m0/s1. The number of fused-ring (bicyclic) bond motifs is 1. The smallest absolute Gasteiger partial charge is 0.242 e. The number of H-pyrrole nitrogens is 1. The summed E-state index contributed by atoms with van der Waals surface area (Å²) in [6.45, 7) is 1.61. The Balaban J connectivity index is 1.34. The lowest BCUT2D eigenvalue weighted by Crippen LogP contribution is -2.45. The van der Waals surface area contributed by atoms with Gasteiger partial charge in [0.2, 0.25) is 11.8 Å². The van der Waals surface area contributed by atoms with Crippen LogP contribution >= 0.6 is 0 Å². The second-order valence-electron chi connectivity index (χ2n) is 10.7. The molecule has 5 rings (SSSR count). The number of hydrogen-bond donors (Lipinski definition) is 1. The van der Waals surface area contributed by atoms with Crippen molar-refractivity contribution in [2.75, 3.05) is 47.6 Å². The highest BCUT2D eigenvalue weighted by Gasteiger charge is 2.46. The molecule has 3 aromatic carbocycles. The van der Waals surface area contributed by atoms with Gasteiger partial charge in [-0.25, -0.2) is 0 Å². The molecule has 1 saturated carbocycles. The van der Waals surface area contributed by atoms with E-state index in [1.54, 1.807) is 26.2 Å². The zero-order chi connectivity index (χ0) is 29.5. The highest BCUT2D eigenvalue weighted by atomic mass is 16.5. The molecule has 1 fully saturated rings. The van der Waals surface area contributed by atoms with Crippen LogP contribution in [0.15, 0.2) is 79.0 Å². The molecule has 0 bridgehead atoms. The van der Waals surface area contributed by atoms with E-state index < -0.39 is 0 Å². The maximum Gasteiger partial charge on any atom is 0.242 e. The first-order chi connectivity index (χ1) is 20.5. The van der Waals surface area contributed by atoms with Gasteiger partial charge in [0, 0.05) is 49.8 Å². The first-order valence-corrected chi connectivity index (χ1v) is 14.4. The number of nitrogens with one attached hydrogen (secondary N) is 1. The summed E-state index contributed by atoms with van der Waals surface area (Å²) in [5, 5.41) is 1.15. The van der Waals surface area contributed by atoms with Crippen molar-refractivity contribution in [2.24, 2.45) is 5.92 Å². The van der Waals surface area contributed by atoms with Gasteiger partial charge in [-0.15, -0.1) is 0 Å². The van der Waals surface area contributed by atoms with E-state index in [4.69, 9.17) is 14.2 Å². The predicted octanol–water partition coefficient (Wildman–Crippen LogP) is 5.04. The van der Waals surface area contributed by atoms with Gasteiger partial charge in [0.05, 0.1) is 27.4 Å². The van der Waals surface area contributed by atoms with Crippen LogP contribution in [0.5, 0.6) is 11.5 Å². The third-order valence-electron chi connectivity index (χ3n) is 8.04. The minimum atomic E-state index is -0.109. The summed E-state index contributed by atoms with van der Waals surface area (Å²) >= 11 is 0. The summed E-state index contributed by atoms with van der Waals surface area (Å²) in [7, 11) is 4.81. The topological polar surface area (TPSA) is 84.1 Å². The van der Waals surface area contributed by atoms with Crippen molar-refractivity contribution in [1.82, 2.24) is 14.8 Å². The zero-order valence-corrected chi connectivity index (χ0v) is 24.5. The van der Waals surface area contributed by atoms with Crippen LogP contribution in [0.25, 0.3) is 10.9 Å². The van der Waals surface area contributed by atoms with Crippen molar-refractivity contribution in [3.05, 3.63) is 95.7 Å². The molecule has 1 N–H and O–H groups in total. The van der Waals surface area contributed by atoms with Gasteiger partial charge in [-0.05, 0) is 53.6 Å². The number of para-hydroxylation sites is 1. The molecular formula is C34H39N3O5. The normalized spacial score (nSPS) is 15.8. The molecule has 0 aliphatic heterocycles. The number of carbonyl (C=O) groups is 2. The second-order valence-corrected chi connectivity index (χ2v) is 10.7. The van der Waals surface area contributed by atoms with Gasteiger partial charge in [-0.2, -0.15) is 0 Å². The number of nitrogens with zero attached hydrogens (tertiary/aromatic N) is 2. The van der Waals surface area contributed by atoms with Crippen molar-refractivity contribution in [1.29, 1.82) is 0 Å². The third kappa shape index (κ3) is 6.77. The number of benzene rings is 3. The van der Waals surface area contributed by atoms with Crippen LogP contribution in [-0.4, -0.2) is 74.2 Å². The first kappa shape index (κ1) is 29.2. The van der Waals surface area contributed by atoms with Crippen LogP contribution < -0.4 is 9.47 Å². The van der Waals surface area contributed by atoms with Crippen molar-refractivity contribution < 1.29 is 23.8 Å². The Kier molecular flexibility index (Phi) is 9.44. The number of ether oxygens (including phenoxy) is 3. The van der Waals surface area contributed by atoms with E-state index in [0.29, 0.717) is 44.2 Å². The summed E-state index contributed by atoms with van der Waals surface area (Å²) in [5.74, 6) is 1.23. The fourth-order valence-corrected chi connectivity index (χ4v) is 5.59. The van der Waals surface area contributed by atoms with Gasteiger partial charge in [0.1, 0.15) is 0 Å². The van der Waals surface area contributed by atoms with Gasteiger partial charge in [-0.1, -0.05) is 54.6 Å². The monoisotopic (exact) mass is 569 g/mol. The Bertz CT molecular complexity index is 1500. The van der Waals surface area contributed by atoms with E-state index in [0.717, 1.165) is 28.5 Å². The van der Waals surface area contributed by atoms with Gasteiger partial charge in [0.15, 0.2) is 11.5 Å². The van der Waals surface area contributed by atoms with E-state index in [-0.39, 0.29) is 30.2 Å². The molecule has 1 aliphatic carbocycles. The van der Waals surface area contributed by atoms with Crippen LogP contribution in [0.3, 0.4) is 0 Å². The van der Waals surface area contributed by atoms with Crippen LogP contribution in [-0.2, 0) is 27.3 Å². The molecule has 220 valence electrons. The maximum atomic E-state index is 13.9. The Morgan fingerprint density at radius 1 is 0.881 bits per heavy atom. The van der Waals surface area contributed by atoms with E-state index in [2.05, 4.69) is 23.2 Å². The Morgan fingerprint density at radius 3 is 2.40 bits per heavy atom. The number of methoxy groups -OCH3 is 3. The molecule has 8 heteroatoms. The molecule has 1 aliphatic rings. The maximum absolute atomic E-state index is 13.9. The molecule has 1 aromatic heterocycles. The van der Waals surface area contributed by atoms with E-state index in [9.17, 15) is 9.59 Å². The van der Waals surface area contributed by atoms with Crippen molar-refractivity contribution >= 4 is 22.7 Å². The van der Waals surface area contributed by atoms with Crippen LogP contribution in [0.2, 0.25) is 0 Å². The molecule has 0 radical (unpaired) electrons. The fraction of sp³-hybridized carbons (Fsp3) is 0.353. The molecule has 2 amide bonds. The number of aromatic amines is 1. The Hall–Kier alpha value is -4.30. The zero-order valence-electron chi connectivity index (χ0n) is 24.5. The molecule has 1 unspecified atom stereocenters. The van der Waals surface area contributed by atoms with Crippen molar-refractivity contribution in [3.63, 3.8) is 0 Å². The first-order valence-electron chi connectivity index (χ1n) is 14.4. The lowest BCUT2D eigenvalue weighted by Gasteiger charge is -2.28. The van der Waals surface area contributed by atoms with Crippen molar-refractivity contribution in [2.45, 2.75) is 25.3 Å². The highest BCUT2D eigenvalue weighted by Crippen LogP contribution is 2.48. The predicted molar refractivity (Wildman–Crippen MR) is 163 cm³/mol. The molecule has 0 spiro atoms. The molecule has 42 heavy (non-hydrogen) atoms. The summed E-state index contributed by atoms with van der Waals surface area (Å²) in [6, 6.07) is 24.0. The molecule has 0 saturated heterocycles. The molecule has 2 atom stereocenters. The lowest BCUT2D eigenvalue weighted by atomic mass is 10.1. The number of amides is 2. The molecule has 4 aromatic rings. The Morgan fingerprint density at radius 2 is 1.64 bits per heavy atom. The number of rotatable bonds is 14. The lowest BCUT2D eigenvalue weighted by molar-refractivity contribution is -0.142. The number of aromatic nitrogens is 1. The average Bonchev–Trinajstić information content (AvgIpc) is 3.73. The SMILES string of the molecule is COCCN(CC(=O)N(CCc1c[nH]c2ccccc12)Cc1ccc(OC)c(OC)c1)C(=O)C1C[C@H]1c1ccccc1. The van der Waals surface area contributed by atoms with Gasteiger partial charge in [0.25, 0.3) is 0 Å². The van der Waals surface area contributed by atoms with Gasteiger partial charge in [-0.3, -0.25) is 9.59 Å². The minimum absolute atomic E-state index is 0.00137. The van der Waals surface area contributed by atoms with Crippen LogP contribution in [0.4, 0.5) is 0 Å². The molecule has 1 heterocycles. The van der Waals surface area contributed by atoms with Gasteiger partial charge < -0.3 is 29.0 Å². The van der Waals surface area contributed by atoms with Gasteiger partial charge >= 0.3 is 0 Å². The Labute approximate surface area is 247 Å². The largest absolute Gasteiger partial charge is 0.493 e. The average molecular weight is 570 g/mol. The molecule has 8 nitrogen and oxygen atoms in total. The van der Waals surface area contributed by atoms with E-state index in [1.807, 2.05) is 65.7 Å². The highest BCUT2D eigenvalue weighted by molar-refractivity contribution is 5.88. The summed E-state index contributed by atoms with van der Waals surface area (Å²) in [6.07, 6.45) is 3.49. The number of hydrogen-bond acceptors (Lipinski definition) is 5.